The van der Waals surface area contributed by atoms with E-state index in [4.69, 9.17) is 11.6 Å². The van der Waals surface area contributed by atoms with Crippen molar-refractivity contribution in [1.82, 2.24) is 18.9 Å². The average Bonchev–Trinajstić information content (AvgIpc) is 2.64. The van der Waals surface area contributed by atoms with Crippen LogP contribution in [0.25, 0.3) is 5.13 Å². The Bertz CT molecular complexity index is 672. The second-order valence-electron chi connectivity index (χ2n) is 3.34. The number of nitrogens with one attached hydrogen (secondary N) is 1. The predicted octanol–water partition coefficient (Wildman–Crippen LogP) is 0.902. The van der Waals surface area contributed by atoms with Crippen LogP contribution in [0.2, 0.25) is 5.15 Å². The van der Waals surface area contributed by atoms with Gasteiger partial charge in [-0.05, 0) is 13.3 Å². The number of H-pyrrole nitrogens is 1. The summed E-state index contributed by atoms with van der Waals surface area (Å²) in [6.45, 7) is 3.48. The SMILES string of the molecule is CCc1c(Cl)[nH]c(=O)n(-c2nc(C)ns2)c1=O. The molecule has 2 aromatic rings. The highest BCUT2D eigenvalue weighted by molar-refractivity contribution is 7.08. The van der Waals surface area contributed by atoms with E-state index in [1.807, 2.05) is 0 Å². The molecule has 0 spiro atoms. The van der Waals surface area contributed by atoms with Gasteiger partial charge >= 0.3 is 5.69 Å². The van der Waals surface area contributed by atoms with E-state index in [-0.39, 0.29) is 10.3 Å². The van der Waals surface area contributed by atoms with Gasteiger partial charge in [0.2, 0.25) is 5.13 Å². The van der Waals surface area contributed by atoms with Gasteiger partial charge in [-0.25, -0.2) is 14.3 Å². The highest BCUT2D eigenvalue weighted by Gasteiger charge is 2.15. The zero-order valence-corrected chi connectivity index (χ0v) is 10.7. The average molecular weight is 273 g/mol. The van der Waals surface area contributed by atoms with Gasteiger partial charge in [-0.2, -0.15) is 4.37 Å². The first-order valence-electron chi connectivity index (χ1n) is 4.89. The minimum Gasteiger partial charge on any atom is -0.297 e. The van der Waals surface area contributed by atoms with Gasteiger partial charge in [-0.15, -0.1) is 0 Å². The van der Waals surface area contributed by atoms with E-state index in [9.17, 15) is 9.59 Å². The Kier molecular flexibility index (Phi) is 3.12. The molecule has 0 saturated heterocycles. The summed E-state index contributed by atoms with van der Waals surface area (Å²) < 4.78 is 4.89. The highest BCUT2D eigenvalue weighted by Crippen LogP contribution is 2.10. The first-order valence-corrected chi connectivity index (χ1v) is 6.04. The lowest BCUT2D eigenvalue weighted by atomic mass is 10.2. The molecule has 0 unspecified atom stereocenters. The maximum atomic E-state index is 12.0. The summed E-state index contributed by atoms with van der Waals surface area (Å²) in [6.07, 6.45) is 0.437. The summed E-state index contributed by atoms with van der Waals surface area (Å²) in [6, 6.07) is 0. The molecule has 17 heavy (non-hydrogen) atoms. The third-order valence-electron chi connectivity index (χ3n) is 2.21. The van der Waals surface area contributed by atoms with Crippen LogP contribution in [0.4, 0.5) is 0 Å². The van der Waals surface area contributed by atoms with Crippen LogP contribution in [-0.4, -0.2) is 18.9 Å². The normalized spacial score (nSPS) is 10.8. The fraction of sp³-hybridized carbons (Fsp3) is 0.333. The fourth-order valence-corrected chi connectivity index (χ4v) is 2.37. The molecule has 0 amide bonds. The molecule has 0 aliphatic rings. The third-order valence-corrected chi connectivity index (χ3v) is 3.32. The lowest BCUT2D eigenvalue weighted by molar-refractivity contribution is 0.831. The molecule has 2 aromatic heterocycles. The number of aryl methyl sites for hydroxylation is 1. The van der Waals surface area contributed by atoms with E-state index in [0.29, 0.717) is 17.8 Å². The number of aromatic amines is 1. The largest absolute Gasteiger partial charge is 0.336 e. The molecule has 0 radical (unpaired) electrons. The second kappa shape index (κ2) is 4.42. The highest BCUT2D eigenvalue weighted by atomic mass is 35.5. The Morgan fingerprint density at radius 3 is 2.71 bits per heavy atom. The quantitative estimate of drug-likeness (QED) is 0.824. The fourth-order valence-electron chi connectivity index (χ4n) is 1.40. The van der Waals surface area contributed by atoms with Crippen molar-refractivity contribution in [2.75, 3.05) is 0 Å². The van der Waals surface area contributed by atoms with Crippen molar-refractivity contribution in [3.8, 4) is 5.13 Å². The number of rotatable bonds is 2. The van der Waals surface area contributed by atoms with Gasteiger partial charge in [0.15, 0.2) is 0 Å². The first-order chi connectivity index (χ1) is 8.04. The molecular formula is C9H9ClN4O2S. The molecule has 6 nitrogen and oxygen atoms in total. The number of hydrogen-bond acceptors (Lipinski definition) is 5. The van der Waals surface area contributed by atoms with Gasteiger partial charge in [0.1, 0.15) is 11.0 Å². The van der Waals surface area contributed by atoms with Crippen LogP contribution in [0.15, 0.2) is 9.59 Å². The van der Waals surface area contributed by atoms with Crippen LogP contribution in [0.3, 0.4) is 0 Å². The molecule has 0 saturated carbocycles. The molecular weight excluding hydrogens is 264 g/mol. The summed E-state index contributed by atoms with van der Waals surface area (Å²) >= 11 is 6.79. The molecule has 0 fully saturated rings. The van der Waals surface area contributed by atoms with Crippen molar-refractivity contribution >= 4 is 23.1 Å². The van der Waals surface area contributed by atoms with Crippen LogP contribution in [0.5, 0.6) is 0 Å². The second-order valence-corrected chi connectivity index (χ2v) is 4.45. The maximum absolute atomic E-state index is 12.0. The standard InChI is InChI=1S/C9H9ClN4O2S/c1-3-5-6(10)12-8(16)14(7(5)15)9-11-4(2)13-17-9/h3H2,1-2H3,(H,12,16). The number of nitrogens with zero attached hydrogens (tertiary/aromatic N) is 3. The van der Waals surface area contributed by atoms with Crippen molar-refractivity contribution in [1.29, 1.82) is 0 Å². The molecule has 1 N–H and O–H groups in total. The molecule has 0 aliphatic heterocycles. The van der Waals surface area contributed by atoms with Crippen molar-refractivity contribution in [2.45, 2.75) is 20.3 Å². The van der Waals surface area contributed by atoms with E-state index in [1.54, 1.807) is 13.8 Å². The van der Waals surface area contributed by atoms with Crippen molar-refractivity contribution in [2.24, 2.45) is 0 Å². The molecule has 0 atom stereocenters. The Morgan fingerprint density at radius 1 is 1.47 bits per heavy atom. The Balaban J connectivity index is 2.79. The van der Waals surface area contributed by atoms with Crippen LogP contribution in [0.1, 0.15) is 18.3 Å². The monoisotopic (exact) mass is 272 g/mol. The summed E-state index contributed by atoms with van der Waals surface area (Å²) in [4.78, 5) is 30.2. The van der Waals surface area contributed by atoms with E-state index in [2.05, 4.69) is 14.3 Å². The lowest BCUT2D eigenvalue weighted by Gasteiger charge is -2.03. The molecule has 8 heteroatoms. The van der Waals surface area contributed by atoms with Gasteiger partial charge in [0.05, 0.1) is 5.56 Å². The minimum absolute atomic E-state index is 0.0833. The molecule has 2 rings (SSSR count). The van der Waals surface area contributed by atoms with E-state index < -0.39 is 11.2 Å². The summed E-state index contributed by atoms with van der Waals surface area (Å²) in [5.74, 6) is 0.518. The summed E-state index contributed by atoms with van der Waals surface area (Å²) in [5, 5.41) is 0.333. The molecule has 2 heterocycles. The van der Waals surface area contributed by atoms with Gasteiger partial charge in [0.25, 0.3) is 5.56 Å². The number of aromatic nitrogens is 4. The van der Waals surface area contributed by atoms with Crippen molar-refractivity contribution in [3.63, 3.8) is 0 Å². The van der Waals surface area contributed by atoms with Gasteiger partial charge < -0.3 is 0 Å². The van der Waals surface area contributed by atoms with Crippen molar-refractivity contribution < 1.29 is 0 Å². The Labute approximate surface area is 105 Å². The van der Waals surface area contributed by atoms with E-state index >= 15 is 0 Å². The smallest absolute Gasteiger partial charge is 0.297 e. The van der Waals surface area contributed by atoms with E-state index in [1.165, 1.54) is 0 Å². The van der Waals surface area contributed by atoms with Crippen LogP contribution >= 0.6 is 23.1 Å². The zero-order chi connectivity index (χ0) is 12.6. The third kappa shape index (κ3) is 2.03. The van der Waals surface area contributed by atoms with Crippen LogP contribution < -0.4 is 11.2 Å². The molecule has 90 valence electrons. The summed E-state index contributed by atoms with van der Waals surface area (Å²) in [7, 11) is 0. The Hall–Kier alpha value is -1.47. The molecule has 0 bridgehead atoms. The molecule has 0 aliphatic carbocycles. The topological polar surface area (TPSA) is 80.6 Å². The molecule has 0 aromatic carbocycles. The van der Waals surface area contributed by atoms with Gasteiger partial charge in [-0.1, -0.05) is 18.5 Å². The lowest BCUT2D eigenvalue weighted by Crippen LogP contribution is -2.35. The number of halogens is 1. The van der Waals surface area contributed by atoms with Gasteiger partial charge in [-0.3, -0.25) is 9.78 Å². The Morgan fingerprint density at radius 2 is 2.18 bits per heavy atom. The first kappa shape index (κ1) is 12.0. The van der Waals surface area contributed by atoms with Gasteiger partial charge in [0, 0.05) is 11.5 Å². The number of hydrogen-bond donors (Lipinski definition) is 1. The van der Waals surface area contributed by atoms with Crippen LogP contribution in [-0.2, 0) is 6.42 Å². The zero-order valence-electron chi connectivity index (χ0n) is 9.15. The van der Waals surface area contributed by atoms with Crippen LogP contribution in [0, 0.1) is 6.92 Å². The maximum Gasteiger partial charge on any atom is 0.336 e. The van der Waals surface area contributed by atoms with Crippen molar-refractivity contribution in [3.05, 3.63) is 37.4 Å². The summed E-state index contributed by atoms with van der Waals surface area (Å²) in [5.41, 5.74) is -0.690. The predicted molar refractivity (Wildman–Crippen MR) is 65.3 cm³/mol. The van der Waals surface area contributed by atoms with E-state index in [0.717, 1.165) is 16.1 Å². The minimum atomic E-state index is -0.603.